The second-order valence-corrected chi connectivity index (χ2v) is 5.67. The third-order valence-electron chi connectivity index (χ3n) is 4.48. The number of rotatable bonds is 4. The van der Waals surface area contributed by atoms with Gasteiger partial charge in [-0.05, 0) is 38.5 Å². The van der Waals surface area contributed by atoms with Crippen LogP contribution in [0, 0.1) is 5.41 Å². The highest BCUT2D eigenvalue weighted by atomic mass is 16.5. The average molecular weight is 240 g/mol. The van der Waals surface area contributed by atoms with Crippen LogP contribution >= 0.6 is 0 Å². The Hall–Kier alpha value is -0.570. The molecule has 1 aliphatic heterocycles. The van der Waals surface area contributed by atoms with Crippen LogP contribution < -0.4 is 0 Å². The molecule has 3 nitrogen and oxygen atoms in total. The van der Waals surface area contributed by atoms with E-state index in [0.717, 1.165) is 58.0 Å². The van der Waals surface area contributed by atoms with Crippen LogP contribution in [0.4, 0.5) is 0 Å². The molecule has 3 heteroatoms. The van der Waals surface area contributed by atoms with Crippen LogP contribution in [0.2, 0.25) is 0 Å². The molecule has 98 valence electrons. The summed E-state index contributed by atoms with van der Waals surface area (Å²) >= 11 is 0. The molecule has 0 bridgehead atoms. The van der Waals surface area contributed by atoms with E-state index < -0.39 is 11.4 Å². The second-order valence-electron chi connectivity index (χ2n) is 5.67. The first-order chi connectivity index (χ1) is 8.23. The first kappa shape index (κ1) is 12.9. The number of aliphatic carboxylic acids is 1. The molecule has 1 saturated heterocycles. The molecule has 2 rings (SSSR count). The maximum atomic E-state index is 11.6. The van der Waals surface area contributed by atoms with Crippen molar-refractivity contribution in [3.05, 3.63) is 0 Å². The largest absolute Gasteiger partial charge is 0.481 e. The summed E-state index contributed by atoms with van der Waals surface area (Å²) in [5, 5.41) is 9.55. The number of hydrogen-bond donors (Lipinski definition) is 1. The number of hydrogen-bond acceptors (Lipinski definition) is 2. The minimum atomic E-state index is -0.572. The highest BCUT2D eigenvalue weighted by molar-refractivity contribution is 5.74. The first-order valence-electron chi connectivity index (χ1n) is 7.08. The lowest BCUT2D eigenvalue weighted by Crippen LogP contribution is -2.31. The molecule has 0 spiro atoms. The number of ether oxygens (including phenoxy) is 1. The van der Waals surface area contributed by atoms with Crippen molar-refractivity contribution in [2.75, 3.05) is 6.61 Å². The maximum Gasteiger partial charge on any atom is 0.309 e. The molecule has 17 heavy (non-hydrogen) atoms. The van der Waals surface area contributed by atoms with Crippen LogP contribution in [0.5, 0.6) is 0 Å². The van der Waals surface area contributed by atoms with Crippen molar-refractivity contribution in [1.82, 2.24) is 0 Å². The summed E-state index contributed by atoms with van der Waals surface area (Å²) < 4.78 is 5.61. The van der Waals surface area contributed by atoms with Crippen molar-refractivity contribution in [3.63, 3.8) is 0 Å². The smallest absolute Gasteiger partial charge is 0.309 e. The number of carbonyl (C=O) groups is 1. The van der Waals surface area contributed by atoms with Crippen LogP contribution in [0.3, 0.4) is 0 Å². The van der Waals surface area contributed by atoms with Crippen molar-refractivity contribution in [1.29, 1.82) is 0 Å². The van der Waals surface area contributed by atoms with Crippen LogP contribution in [-0.4, -0.2) is 23.8 Å². The summed E-state index contributed by atoms with van der Waals surface area (Å²) in [5.41, 5.74) is -0.442. The van der Waals surface area contributed by atoms with E-state index in [0.29, 0.717) is 6.10 Å². The van der Waals surface area contributed by atoms with Crippen LogP contribution in [0.25, 0.3) is 0 Å². The Bertz CT molecular complexity index is 248. The topological polar surface area (TPSA) is 46.5 Å². The van der Waals surface area contributed by atoms with Gasteiger partial charge in [0.2, 0.25) is 0 Å². The molecular formula is C14H24O3. The predicted octanol–water partition coefficient (Wildman–Crippen LogP) is 3.37. The summed E-state index contributed by atoms with van der Waals surface area (Å²) in [7, 11) is 0. The van der Waals surface area contributed by atoms with Gasteiger partial charge in [-0.1, -0.05) is 25.7 Å². The zero-order chi connectivity index (χ0) is 12.1. The third-order valence-corrected chi connectivity index (χ3v) is 4.48. The summed E-state index contributed by atoms with van der Waals surface area (Å²) in [6.07, 6.45) is 10.7. The predicted molar refractivity (Wildman–Crippen MR) is 66.0 cm³/mol. The van der Waals surface area contributed by atoms with E-state index in [1.165, 1.54) is 12.8 Å². The molecule has 0 amide bonds. The zero-order valence-corrected chi connectivity index (χ0v) is 10.6. The Morgan fingerprint density at radius 3 is 2.41 bits per heavy atom. The summed E-state index contributed by atoms with van der Waals surface area (Å²) in [4.78, 5) is 11.6. The van der Waals surface area contributed by atoms with E-state index in [4.69, 9.17) is 4.74 Å². The van der Waals surface area contributed by atoms with Gasteiger partial charge in [0.05, 0.1) is 11.5 Å². The Kier molecular flexibility index (Phi) is 4.43. The Balaban J connectivity index is 1.92. The minimum absolute atomic E-state index is 0.328. The van der Waals surface area contributed by atoms with Gasteiger partial charge >= 0.3 is 5.97 Å². The van der Waals surface area contributed by atoms with Gasteiger partial charge < -0.3 is 9.84 Å². The van der Waals surface area contributed by atoms with E-state index in [9.17, 15) is 9.90 Å². The Morgan fingerprint density at radius 2 is 1.88 bits per heavy atom. The fourth-order valence-electron chi connectivity index (χ4n) is 3.29. The van der Waals surface area contributed by atoms with E-state index >= 15 is 0 Å². The summed E-state index contributed by atoms with van der Waals surface area (Å²) in [5.74, 6) is -0.572. The molecule has 2 fully saturated rings. The molecule has 0 radical (unpaired) electrons. The highest BCUT2D eigenvalue weighted by Crippen LogP contribution is 2.40. The van der Waals surface area contributed by atoms with E-state index in [1.54, 1.807) is 0 Å². The van der Waals surface area contributed by atoms with E-state index in [2.05, 4.69) is 0 Å². The first-order valence-corrected chi connectivity index (χ1v) is 7.08. The Morgan fingerprint density at radius 1 is 1.18 bits per heavy atom. The normalized spacial score (nSPS) is 28.8. The van der Waals surface area contributed by atoms with Gasteiger partial charge in [0.25, 0.3) is 0 Å². The van der Waals surface area contributed by atoms with Crippen LogP contribution in [0.15, 0.2) is 0 Å². The van der Waals surface area contributed by atoms with Gasteiger partial charge in [0, 0.05) is 6.61 Å². The lowest BCUT2D eigenvalue weighted by atomic mass is 9.76. The fourth-order valence-corrected chi connectivity index (χ4v) is 3.29. The molecule has 1 aliphatic carbocycles. The highest BCUT2D eigenvalue weighted by Gasteiger charge is 2.38. The van der Waals surface area contributed by atoms with Crippen molar-refractivity contribution in [3.8, 4) is 0 Å². The quantitative estimate of drug-likeness (QED) is 0.766. The fraction of sp³-hybridized carbons (Fsp3) is 0.929. The molecule has 1 N–H and O–H groups in total. The molecule has 2 aliphatic rings. The molecule has 0 aromatic carbocycles. The van der Waals surface area contributed by atoms with Crippen LogP contribution in [-0.2, 0) is 9.53 Å². The summed E-state index contributed by atoms with van der Waals surface area (Å²) in [6, 6.07) is 0. The molecule has 0 aromatic rings. The molecular weight excluding hydrogens is 216 g/mol. The monoisotopic (exact) mass is 240 g/mol. The Labute approximate surface area is 104 Å². The van der Waals surface area contributed by atoms with Crippen molar-refractivity contribution in [2.45, 2.75) is 70.3 Å². The number of carboxylic acid groups (broad SMARTS) is 1. The van der Waals surface area contributed by atoms with Gasteiger partial charge in [-0.3, -0.25) is 4.79 Å². The minimum Gasteiger partial charge on any atom is -0.481 e. The van der Waals surface area contributed by atoms with Gasteiger partial charge in [-0.2, -0.15) is 0 Å². The lowest BCUT2D eigenvalue weighted by molar-refractivity contribution is -0.150. The molecule has 1 heterocycles. The van der Waals surface area contributed by atoms with Crippen molar-refractivity contribution in [2.24, 2.45) is 5.41 Å². The van der Waals surface area contributed by atoms with Gasteiger partial charge in [-0.25, -0.2) is 0 Å². The molecule has 0 aromatic heterocycles. The molecule has 1 atom stereocenters. The summed E-state index contributed by atoms with van der Waals surface area (Å²) in [6.45, 7) is 0.866. The zero-order valence-electron chi connectivity index (χ0n) is 10.6. The van der Waals surface area contributed by atoms with Gasteiger partial charge in [0.1, 0.15) is 0 Å². The third kappa shape index (κ3) is 3.21. The van der Waals surface area contributed by atoms with Crippen molar-refractivity contribution < 1.29 is 14.6 Å². The standard InChI is InChI=1S/C14H24O3/c15-13(16)14(8-3-1-2-4-9-14)10-7-12-6-5-11-17-12/h12H,1-11H2,(H,15,16). The van der Waals surface area contributed by atoms with E-state index in [-0.39, 0.29) is 0 Å². The van der Waals surface area contributed by atoms with Gasteiger partial charge in [-0.15, -0.1) is 0 Å². The number of carboxylic acids is 1. The van der Waals surface area contributed by atoms with Gasteiger partial charge in [0.15, 0.2) is 0 Å². The van der Waals surface area contributed by atoms with Crippen molar-refractivity contribution >= 4 is 5.97 Å². The maximum absolute atomic E-state index is 11.6. The molecule has 1 unspecified atom stereocenters. The van der Waals surface area contributed by atoms with E-state index in [1.807, 2.05) is 0 Å². The lowest BCUT2D eigenvalue weighted by Gasteiger charge is -2.29. The average Bonchev–Trinajstić information content (AvgIpc) is 2.71. The van der Waals surface area contributed by atoms with Crippen LogP contribution in [0.1, 0.15) is 64.2 Å². The SMILES string of the molecule is O=C(O)C1(CCC2CCCO2)CCCCCC1. The molecule has 1 saturated carbocycles. The second kappa shape index (κ2) is 5.85.